The average molecular weight is 234 g/mol. The molecule has 3 rings (SSSR count). The summed E-state index contributed by atoms with van der Waals surface area (Å²) in [6.07, 6.45) is 4.64. The summed E-state index contributed by atoms with van der Waals surface area (Å²) in [5.41, 5.74) is 0. The third-order valence-electron chi connectivity index (χ3n) is 4.10. The van der Waals surface area contributed by atoms with Crippen LogP contribution in [-0.2, 0) is 14.4 Å². The van der Waals surface area contributed by atoms with E-state index >= 15 is 0 Å². The standard InChI is InChI=1S/C12H13NO4/c14-8(15)3-4-13-11(16)9-6-1-2-7(5-6)10(9)12(13)17/h1-2,6-7,9-10H,3-5H2,(H,14,15)/p-1/t6-,7+,9+,10-. The van der Waals surface area contributed by atoms with Crippen LogP contribution in [0.2, 0.25) is 0 Å². The van der Waals surface area contributed by atoms with E-state index in [1.807, 2.05) is 12.2 Å². The van der Waals surface area contributed by atoms with Crippen LogP contribution in [0.15, 0.2) is 12.2 Å². The number of imide groups is 1. The summed E-state index contributed by atoms with van der Waals surface area (Å²) < 4.78 is 0. The summed E-state index contributed by atoms with van der Waals surface area (Å²) in [6.45, 7) is -0.0492. The molecule has 0 aromatic heterocycles. The number of allylic oxidation sites excluding steroid dienone is 2. The summed E-state index contributed by atoms with van der Waals surface area (Å²) in [6, 6.07) is 0. The molecule has 0 radical (unpaired) electrons. The van der Waals surface area contributed by atoms with E-state index in [1.165, 1.54) is 0 Å². The van der Waals surface area contributed by atoms with Gasteiger partial charge in [0.2, 0.25) is 11.8 Å². The fourth-order valence-corrected chi connectivity index (χ4v) is 3.39. The van der Waals surface area contributed by atoms with Crippen molar-refractivity contribution >= 4 is 17.8 Å². The van der Waals surface area contributed by atoms with E-state index in [4.69, 9.17) is 0 Å². The lowest BCUT2D eigenvalue weighted by atomic mass is 9.85. The van der Waals surface area contributed by atoms with Gasteiger partial charge in [-0.2, -0.15) is 0 Å². The maximum absolute atomic E-state index is 12.1. The number of nitrogens with zero attached hydrogens (tertiary/aromatic N) is 1. The molecule has 90 valence electrons. The predicted molar refractivity (Wildman–Crippen MR) is 54.1 cm³/mol. The van der Waals surface area contributed by atoms with E-state index < -0.39 is 5.97 Å². The second kappa shape index (κ2) is 3.42. The Morgan fingerprint density at radius 1 is 1.24 bits per heavy atom. The molecule has 2 amide bonds. The predicted octanol–water partition coefficient (Wildman–Crippen LogP) is -1.07. The number of aliphatic carboxylic acids is 1. The van der Waals surface area contributed by atoms with Crippen molar-refractivity contribution in [2.24, 2.45) is 23.7 Å². The highest BCUT2D eigenvalue weighted by atomic mass is 16.4. The Bertz CT molecular complexity index is 412. The minimum absolute atomic E-state index is 0.0492. The van der Waals surface area contributed by atoms with Crippen LogP contribution in [0.25, 0.3) is 0 Å². The third kappa shape index (κ3) is 1.34. The number of carboxylic acids is 1. The van der Waals surface area contributed by atoms with E-state index in [0.29, 0.717) is 0 Å². The molecular formula is C12H12NO4-. The Morgan fingerprint density at radius 3 is 2.24 bits per heavy atom. The molecule has 1 saturated heterocycles. The zero-order chi connectivity index (χ0) is 12.2. The summed E-state index contributed by atoms with van der Waals surface area (Å²) in [5.74, 6) is -1.75. The number of fused-ring (bicyclic) bond motifs is 5. The maximum atomic E-state index is 12.1. The lowest BCUT2D eigenvalue weighted by Gasteiger charge is -2.17. The first-order chi connectivity index (χ1) is 8.09. The molecule has 0 spiro atoms. The average Bonchev–Trinajstić information content (AvgIpc) is 2.92. The van der Waals surface area contributed by atoms with Crippen molar-refractivity contribution in [3.05, 3.63) is 12.2 Å². The Kier molecular flexibility index (Phi) is 2.11. The first-order valence-electron chi connectivity index (χ1n) is 5.83. The van der Waals surface area contributed by atoms with Crippen LogP contribution in [0.4, 0.5) is 0 Å². The molecule has 5 heteroatoms. The molecule has 2 fully saturated rings. The second-order valence-corrected chi connectivity index (χ2v) is 4.95. The summed E-state index contributed by atoms with van der Waals surface area (Å²) >= 11 is 0. The van der Waals surface area contributed by atoms with Crippen molar-refractivity contribution in [2.75, 3.05) is 6.54 Å². The number of carbonyl (C=O) groups is 3. The molecule has 1 aliphatic heterocycles. The molecular weight excluding hydrogens is 222 g/mol. The number of carbonyl (C=O) groups excluding carboxylic acids is 3. The zero-order valence-corrected chi connectivity index (χ0v) is 9.17. The van der Waals surface area contributed by atoms with Crippen LogP contribution in [0.3, 0.4) is 0 Å². The molecule has 3 aliphatic rings. The summed E-state index contributed by atoms with van der Waals surface area (Å²) in [7, 11) is 0. The first-order valence-corrected chi connectivity index (χ1v) is 5.83. The molecule has 4 atom stereocenters. The highest BCUT2D eigenvalue weighted by molar-refractivity contribution is 6.06. The second-order valence-electron chi connectivity index (χ2n) is 4.95. The van der Waals surface area contributed by atoms with E-state index in [-0.39, 0.29) is 48.5 Å². The lowest BCUT2D eigenvalue weighted by Crippen LogP contribution is -2.37. The van der Waals surface area contributed by atoms with Gasteiger partial charge in [0, 0.05) is 18.9 Å². The third-order valence-corrected chi connectivity index (χ3v) is 4.10. The fourth-order valence-electron chi connectivity index (χ4n) is 3.39. The molecule has 1 heterocycles. The number of likely N-dealkylation sites (tertiary alicyclic amines) is 1. The largest absolute Gasteiger partial charge is 0.550 e. The van der Waals surface area contributed by atoms with Crippen LogP contribution < -0.4 is 5.11 Å². The van der Waals surface area contributed by atoms with Gasteiger partial charge in [-0.05, 0) is 18.3 Å². The topological polar surface area (TPSA) is 77.5 Å². The SMILES string of the molecule is O=C([O-])CCN1C(=O)[C@@H]2[C@H](C1=O)[C@H]1C=C[C@@H]2C1. The van der Waals surface area contributed by atoms with Gasteiger partial charge >= 0.3 is 0 Å². The normalized spacial score (nSPS) is 38.0. The minimum Gasteiger partial charge on any atom is -0.550 e. The number of carboxylic acid groups (broad SMARTS) is 1. The van der Waals surface area contributed by atoms with E-state index in [0.717, 1.165) is 11.3 Å². The van der Waals surface area contributed by atoms with Crippen molar-refractivity contribution in [3.63, 3.8) is 0 Å². The maximum Gasteiger partial charge on any atom is 0.233 e. The Hall–Kier alpha value is -1.65. The Morgan fingerprint density at radius 2 is 1.76 bits per heavy atom. The molecule has 2 bridgehead atoms. The van der Waals surface area contributed by atoms with Gasteiger partial charge in [0.25, 0.3) is 0 Å². The lowest BCUT2D eigenvalue weighted by molar-refractivity contribution is -0.305. The van der Waals surface area contributed by atoms with Crippen molar-refractivity contribution in [1.29, 1.82) is 0 Å². The molecule has 2 aliphatic carbocycles. The minimum atomic E-state index is -1.23. The number of rotatable bonds is 3. The molecule has 0 N–H and O–H groups in total. The number of hydrogen-bond acceptors (Lipinski definition) is 4. The van der Waals surface area contributed by atoms with Crippen molar-refractivity contribution < 1.29 is 19.5 Å². The van der Waals surface area contributed by atoms with Gasteiger partial charge < -0.3 is 9.90 Å². The van der Waals surface area contributed by atoms with E-state index in [2.05, 4.69) is 0 Å². The Labute approximate surface area is 98.1 Å². The van der Waals surface area contributed by atoms with Gasteiger partial charge in [-0.3, -0.25) is 14.5 Å². The first kappa shape index (κ1) is 10.5. The number of amides is 2. The molecule has 5 nitrogen and oxygen atoms in total. The van der Waals surface area contributed by atoms with Crippen LogP contribution in [0.5, 0.6) is 0 Å². The summed E-state index contributed by atoms with van der Waals surface area (Å²) in [5, 5.41) is 10.4. The van der Waals surface area contributed by atoms with Gasteiger partial charge in [0.1, 0.15) is 0 Å². The van der Waals surface area contributed by atoms with Gasteiger partial charge in [-0.1, -0.05) is 12.2 Å². The van der Waals surface area contributed by atoms with Crippen molar-refractivity contribution in [1.82, 2.24) is 4.90 Å². The van der Waals surface area contributed by atoms with E-state index in [9.17, 15) is 19.5 Å². The fraction of sp³-hybridized carbons (Fsp3) is 0.583. The quantitative estimate of drug-likeness (QED) is 0.460. The highest BCUT2D eigenvalue weighted by Crippen LogP contribution is 2.52. The monoisotopic (exact) mass is 234 g/mol. The highest BCUT2D eigenvalue weighted by Gasteiger charge is 2.58. The van der Waals surface area contributed by atoms with Gasteiger partial charge in [-0.15, -0.1) is 0 Å². The molecule has 1 saturated carbocycles. The molecule has 0 aromatic rings. The van der Waals surface area contributed by atoms with Crippen LogP contribution in [0.1, 0.15) is 12.8 Å². The zero-order valence-electron chi connectivity index (χ0n) is 9.17. The Balaban J connectivity index is 1.80. The van der Waals surface area contributed by atoms with Gasteiger partial charge in [-0.25, -0.2) is 0 Å². The number of hydrogen-bond donors (Lipinski definition) is 0. The summed E-state index contributed by atoms with van der Waals surface area (Å²) in [4.78, 5) is 35.6. The van der Waals surface area contributed by atoms with Crippen LogP contribution in [-0.4, -0.2) is 29.2 Å². The smallest absolute Gasteiger partial charge is 0.233 e. The van der Waals surface area contributed by atoms with Crippen LogP contribution >= 0.6 is 0 Å². The van der Waals surface area contributed by atoms with Gasteiger partial charge in [0.05, 0.1) is 11.8 Å². The molecule has 17 heavy (non-hydrogen) atoms. The van der Waals surface area contributed by atoms with E-state index in [1.54, 1.807) is 0 Å². The van der Waals surface area contributed by atoms with Crippen molar-refractivity contribution in [2.45, 2.75) is 12.8 Å². The van der Waals surface area contributed by atoms with Crippen molar-refractivity contribution in [3.8, 4) is 0 Å². The van der Waals surface area contributed by atoms with Gasteiger partial charge in [0.15, 0.2) is 0 Å². The molecule has 0 unspecified atom stereocenters. The van der Waals surface area contributed by atoms with Crippen LogP contribution in [0, 0.1) is 23.7 Å². The molecule has 0 aromatic carbocycles.